The first-order valence-corrected chi connectivity index (χ1v) is 5.87. The van der Waals surface area contributed by atoms with Gasteiger partial charge in [-0.2, -0.15) is 5.26 Å². The molecule has 0 radical (unpaired) electrons. The number of rotatable bonds is 5. The first-order chi connectivity index (χ1) is 9.17. The minimum atomic E-state index is -0.918. The van der Waals surface area contributed by atoms with E-state index < -0.39 is 11.6 Å². The van der Waals surface area contributed by atoms with Gasteiger partial charge in [-0.3, -0.25) is 0 Å². The maximum absolute atomic E-state index is 13.3. The molecular weight excluding hydrogens is 252 g/mol. The molecule has 0 amide bonds. The largest absolute Gasteiger partial charge is 0.377 e. The fourth-order valence-electron chi connectivity index (χ4n) is 1.98. The number of methoxy groups -OCH3 is 1. The number of hydrogen-bond acceptors (Lipinski definition) is 3. The highest BCUT2D eigenvalue weighted by molar-refractivity contribution is 5.76. The highest BCUT2D eigenvalue weighted by Gasteiger charge is 2.13. The summed E-state index contributed by atoms with van der Waals surface area (Å²) in [4.78, 5) is 4.23. The van der Waals surface area contributed by atoms with E-state index in [0.29, 0.717) is 36.2 Å². The second-order valence-corrected chi connectivity index (χ2v) is 4.13. The van der Waals surface area contributed by atoms with E-state index in [2.05, 4.69) is 11.1 Å². The van der Waals surface area contributed by atoms with Crippen molar-refractivity contribution in [2.45, 2.75) is 26.0 Å². The van der Waals surface area contributed by atoms with Crippen LogP contribution >= 0.6 is 0 Å². The number of aromatic nitrogens is 2. The molecule has 0 spiro atoms. The molecule has 6 heteroatoms. The number of nitriles is 1. The topological polar surface area (TPSA) is 50.8 Å². The molecule has 0 fully saturated rings. The van der Waals surface area contributed by atoms with Crippen LogP contribution in [-0.2, 0) is 17.9 Å². The molecule has 0 aliphatic heterocycles. The van der Waals surface area contributed by atoms with E-state index in [-0.39, 0.29) is 6.61 Å². The fraction of sp³-hybridized carbons (Fsp3) is 0.385. The predicted molar refractivity (Wildman–Crippen MR) is 65.2 cm³/mol. The second-order valence-electron chi connectivity index (χ2n) is 4.13. The summed E-state index contributed by atoms with van der Waals surface area (Å²) in [6.45, 7) is 0.776. The molecule has 0 unspecified atom stereocenters. The zero-order valence-corrected chi connectivity index (χ0v) is 10.5. The molecule has 1 aromatic heterocycles. The summed E-state index contributed by atoms with van der Waals surface area (Å²) in [6, 6.07) is 4.25. The van der Waals surface area contributed by atoms with Crippen LogP contribution in [0.5, 0.6) is 0 Å². The van der Waals surface area contributed by atoms with Crippen molar-refractivity contribution < 1.29 is 13.5 Å². The van der Waals surface area contributed by atoms with Crippen LogP contribution in [0, 0.1) is 23.0 Å². The molecular formula is C13H13F2N3O. The van der Waals surface area contributed by atoms with Crippen LogP contribution in [0.3, 0.4) is 0 Å². The van der Waals surface area contributed by atoms with Gasteiger partial charge in [-0.25, -0.2) is 13.8 Å². The third-order valence-corrected chi connectivity index (χ3v) is 2.81. The molecule has 0 saturated heterocycles. The Morgan fingerprint density at radius 3 is 2.79 bits per heavy atom. The number of unbranched alkanes of at least 4 members (excludes halogenated alkanes) is 1. The van der Waals surface area contributed by atoms with E-state index in [1.807, 2.05) is 0 Å². The van der Waals surface area contributed by atoms with Gasteiger partial charge in [0.25, 0.3) is 0 Å². The van der Waals surface area contributed by atoms with Gasteiger partial charge in [-0.15, -0.1) is 0 Å². The van der Waals surface area contributed by atoms with E-state index >= 15 is 0 Å². The van der Waals surface area contributed by atoms with Crippen LogP contribution in [-0.4, -0.2) is 16.7 Å². The quantitative estimate of drug-likeness (QED) is 0.781. The lowest BCUT2D eigenvalue weighted by molar-refractivity contribution is 0.174. The monoisotopic (exact) mass is 265 g/mol. The Labute approximate surface area is 109 Å². The molecule has 4 nitrogen and oxygen atoms in total. The van der Waals surface area contributed by atoms with Crippen molar-refractivity contribution in [3.8, 4) is 6.07 Å². The van der Waals surface area contributed by atoms with Gasteiger partial charge in [0.15, 0.2) is 11.6 Å². The van der Waals surface area contributed by atoms with Crippen molar-refractivity contribution in [2.75, 3.05) is 7.11 Å². The predicted octanol–water partition coefficient (Wildman–Crippen LogP) is 2.76. The normalized spacial score (nSPS) is 10.8. The van der Waals surface area contributed by atoms with Crippen LogP contribution in [0.25, 0.3) is 11.0 Å². The van der Waals surface area contributed by atoms with Gasteiger partial charge in [0.05, 0.1) is 17.1 Å². The zero-order valence-electron chi connectivity index (χ0n) is 10.5. The number of hydrogen-bond donors (Lipinski definition) is 0. The second kappa shape index (κ2) is 5.76. The summed E-state index contributed by atoms with van der Waals surface area (Å²) in [5.74, 6) is -1.23. The van der Waals surface area contributed by atoms with Gasteiger partial charge in [-0.05, 0) is 6.42 Å². The molecule has 19 heavy (non-hydrogen) atoms. The lowest BCUT2D eigenvalue weighted by Gasteiger charge is -2.07. The molecule has 0 aliphatic rings. The molecule has 2 aromatic rings. The summed E-state index contributed by atoms with van der Waals surface area (Å²) >= 11 is 0. The average Bonchev–Trinajstić information content (AvgIpc) is 2.69. The molecule has 100 valence electrons. The van der Waals surface area contributed by atoms with Gasteiger partial charge in [0, 0.05) is 32.2 Å². The molecule has 0 aliphatic carbocycles. The van der Waals surface area contributed by atoms with Crippen molar-refractivity contribution in [1.29, 1.82) is 5.26 Å². The van der Waals surface area contributed by atoms with Gasteiger partial charge < -0.3 is 9.30 Å². The molecule has 0 saturated carbocycles. The van der Waals surface area contributed by atoms with Gasteiger partial charge in [0.2, 0.25) is 0 Å². The summed E-state index contributed by atoms with van der Waals surface area (Å²) < 4.78 is 33.3. The first kappa shape index (κ1) is 13.4. The van der Waals surface area contributed by atoms with Crippen molar-refractivity contribution >= 4 is 11.0 Å². The summed E-state index contributed by atoms with van der Waals surface area (Å²) in [5.41, 5.74) is 0.909. The molecule has 0 bridgehead atoms. The number of imidazole rings is 1. The number of fused-ring (bicyclic) bond motifs is 1. The first-order valence-electron chi connectivity index (χ1n) is 5.87. The van der Waals surface area contributed by atoms with Crippen LogP contribution in [0.2, 0.25) is 0 Å². The summed E-state index contributed by atoms with van der Waals surface area (Å²) in [6.07, 6.45) is 1.02. The molecule has 1 heterocycles. The SMILES string of the molecule is COCc1nc2cc(F)c(F)cc2n1CCCC#N. The van der Waals surface area contributed by atoms with Gasteiger partial charge in [0.1, 0.15) is 12.4 Å². The van der Waals surface area contributed by atoms with Crippen molar-refractivity contribution in [2.24, 2.45) is 0 Å². The molecule has 0 atom stereocenters. The zero-order chi connectivity index (χ0) is 13.8. The maximum atomic E-state index is 13.3. The van der Waals surface area contributed by atoms with E-state index in [0.717, 1.165) is 12.1 Å². The number of aryl methyl sites for hydroxylation is 1. The Morgan fingerprint density at radius 2 is 2.11 bits per heavy atom. The fourth-order valence-corrected chi connectivity index (χ4v) is 1.98. The summed E-state index contributed by atoms with van der Waals surface area (Å²) in [5, 5.41) is 8.55. The van der Waals surface area contributed by atoms with E-state index in [4.69, 9.17) is 10.00 Å². The number of benzene rings is 1. The van der Waals surface area contributed by atoms with Crippen LogP contribution in [0.15, 0.2) is 12.1 Å². The minimum Gasteiger partial charge on any atom is -0.377 e. The Morgan fingerprint density at radius 1 is 1.37 bits per heavy atom. The van der Waals surface area contributed by atoms with E-state index in [1.165, 1.54) is 7.11 Å². The third kappa shape index (κ3) is 2.71. The maximum Gasteiger partial charge on any atom is 0.161 e. The minimum absolute atomic E-state index is 0.254. The van der Waals surface area contributed by atoms with Gasteiger partial charge in [-0.1, -0.05) is 0 Å². The highest BCUT2D eigenvalue weighted by atomic mass is 19.2. The third-order valence-electron chi connectivity index (χ3n) is 2.81. The highest BCUT2D eigenvalue weighted by Crippen LogP contribution is 2.21. The standard InChI is InChI=1S/C13H13F2N3O/c1-19-8-13-17-11-6-9(14)10(15)7-12(11)18(13)5-3-2-4-16/h6-7H,2-3,5,8H2,1H3. The lowest BCUT2D eigenvalue weighted by Crippen LogP contribution is -2.05. The van der Waals surface area contributed by atoms with Crippen LogP contribution in [0.4, 0.5) is 8.78 Å². The number of ether oxygens (including phenoxy) is 1. The van der Waals surface area contributed by atoms with Crippen LogP contribution in [0.1, 0.15) is 18.7 Å². The summed E-state index contributed by atoms with van der Waals surface area (Å²) in [7, 11) is 1.53. The Balaban J connectivity index is 2.46. The van der Waals surface area contributed by atoms with Gasteiger partial charge >= 0.3 is 0 Å². The Bertz CT molecular complexity index is 631. The molecule has 0 N–H and O–H groups in total. The van der Waals surface area contributed by atoms with Crippen molar-refractivity contribution in [1.82, 2.24) is 9.55 Å². The lowest BCUT2D eigenvalue weighted by atomic mass is 10.2. The Kier molecular flexibility index (Phi) is 4.07. The molecule has 2 rings (SSSR count). The Hall–Kier alpha value is -2.00. The smallest absolute Gasteiger partial charge is 0.161 e. The van der Waals surface area contributed by atoms with E-state index in [1.54, 1.807) is 4.57 Å². The molecule has 1 aromatic carbocycles. The van der Waals surface area contributed by atoms with E-state index in [9.17, 15) is 8.78 Å². The number of halogens is 2. The number of nitrogens with zero attached hydrogens (tertiary/aromatic N) is 3. The van der Waals surface area contributed by atoms with Crippen LogP contribution < -0.4 is 0 Å². The average molecular weight is 265 g/mol. The van der Waals surface area contributed by atoms with Crippen molar-refractivity contribution in [3.63, 3.8) is 0 Å². The van der Waals surface area contributed by atoms with Crippen molar-refractivity contribution in [3.05, 3.63) is 29.6 Å².